The van der Waals surface area contributed by atoms with Crippen molar-refractivity contribution < 1.29 is 8.42 Å². The molecule has 0 amide bonds. The SMILES string of the molecule is Cc1csc(Cc2nc(-c3cc(C)n(-c4ccc(S(N)(=O)=O)cc4)c3C)cs2)n1. The monoisotopic (exact) mass is 444 g/mol. The van der Waals surface area contributed by atoms with Crippen molar-refractivity contribution in [2.75, 3.05) is 0 Å². The van der Waals surface area contributed by atoms with Gasteiger partial charge in [0, 0.05) is 39.1 Å². The van der Waals surface area contributed by atoms with Crippen molar-refractivity contribution in [2.24, 2.45) is 5.14 Å². The first-order valence-corrected chi connectivity index (χ1v) is 12.2. The van der Waals surface area contributed by atoms with E-state index in [1.165, 1.54) is 12.1 Å². The zero-order valence-electron chi connectivity index (χ0n) is 16.2. The van der Waals surface area contributed by atoms with Crippen molar-refractivity contribution in [2.45, 2.75) is 32.1 Å². The highest BCUT2D eigenvalue weighted by atomic mass is 32.2. The van der Waals surface area contributed by atoms with Gasteiger partial charge >= 0.3 is 0 Å². The van der Waals surface area contributed by atoms with E-state index in [-0.39, 0.29) is 4.90 Å². The van der Waals surface area contributed by atoms with Gasteiger partial charge in [-0.05, 0) is 51.1 Å². The van der Waals surface area contributed by atoms with Gasteiger partial charge in [0.2, 0.25) is 10.0 Å². The van der Waals surface area contributed by atoms with Gasteiger partial charge in [-0.25, -0.2) is 23.5 Å². The van der Waals surface area contributed by atoms with E-state index in [2.05, 4.69) is 26.4 Å². The number of thiazole rings is 2. The molecule has 9 heteroatoms. The summed E-state index contributed by atoms with van der Waals surface area (Å²) in [6.45, 7) is 6.06. The molecule has 0 aliphatic heterocycles. The van der Waals surface area contributed by atoms with Crippen LogP contribution in [-0.2, 0) is 16.4 Å². The van der Waals surface area contributed by atoms with E-state index in [0.29, 0.717) is 0 Å². The number of sulfonamides is 1. The van der Waals surface area contributed by atoms with Crippen molar-refractivity contribution in [3.63, 3.8) is 0 Å². The number of nitrogens with zero attached hydrogens (tertiary/aromatic N) is 3. The van der Waals surface area contributed by atoms with Crippen LogP contribution < -0.4 is 5.14 Å². The van der Waals surface area contributed by atoms with Crippen LogP contribution in [0, 0.1) is 20.8 Å². The van der Waals surface area contributed by atoms with Crippen LogP contribution in [-0.4, -0.2) is 23.0 Å². The van der Waals surface area contributed by atoms with E-state index in [9.17, 15) is 8.42 Å². The molecule has 0 atom stereocenters. The predicted molar refractivity (Wildman–Crippen MR) is 117 cm³/mol. The number of hydrogen-bond donors (Lipinski definition) is 1. The smallest absolute Gasteiger partial charge is 0.238 e. The lowest BCUT2D eigenvalue weighted by Gasteiger charge is -2.10. The van der Waals surface area contributed by atoms with Crippen LogP contribution >= 0.6 is 22.7 Å². The normalized spacial score (nSPS) is 11.9. The van der Waals surface area contributed by atoms with Crippen LogP contribution in [0.4, 0.5) is 0 Å². The highest BCUT2D eigenvalue weighted by Crippen LogP contribution is 2.31. The summed E-state index contributed by atoms with van der Waals surface area (Å²) in [5.41, 5.74) is 6.03. The van der Waals surface area contributed by atoms with Crippen LogP contribution in [0.3, 0.4) is 0 Å². The second-order valence-electron chi connectivity index (χ2n) is 6.85. The minimum Gasteiger partial charge on any atom is -0.318 e. The summed E-state index contributed by atoms with van der Waals surface area (Å²) >= 11 is 3.30. The molecule has 150 valence electrons. The van der Waals surface area contributed by atoms with E-state index < -0.39 is 10.0 Å². The molecule has 0 saturated heterocycles. The molecule has 29 heavy (non-hydrogen) atoms. The van der Waals surface area contributed by atoms with Crippen LogP contribution in [0.25, 0.3) is 16.9 Å². The summed E-state index contributed by atoms with van der Waals surface area (Å²) in [5, 5.41) is 11.4. The molecule has 0 saturated carbocycles. The van der Waals surface area contributed by atoms with Gasteiger partial charge in [-0.2, -0.15) is 0 Å². The quantitative estimate of drug-likeness (QED) is 0.499. The summed E-state index contributed by atoms with van der Waals surface area (Å²) in [6, 6.07) is 8.69. The molecule has 6 nitrogen and oxygen atoms in total. The molecule has 2 N–H and O–H groups in total. The van der Waals surface area contributed by atoms with E-state index in [0.717, 1.165) is 50.5 Å². The van der Waals surface area contributed by atoms with Crippen molar-refractivity contribution in [3.05, 3.63) is 68.2 Å². The van der Waals surface area contributed by atoms with Crippen molar-refractivity contribution in [3.8, 4) is 16.9 Å². The largest absolute Gasteiger partial charge is 0.318 e. The lowest BCUT2D eigenvalue weighted by Crippen LogP contribution is -2.12. The fourth-order valence-electron chi connectivity index (χ4n) is 3.33. The van der Waals surface area contributed by atoms with Crippen molar-refractivity contribution in [1.82, 2.24) is 14.5 Å². The Hall–Kier alpha value is -2.33. The Morgan fingerprint density at radius 3 is 2.28 bits per heavy atom. The fraction of sp³-hybridized carbons (Fsp3) is 0.200. The molecule has 0 spiro atoms. The Kier molecular flexibility index (Phi) is 5.16. The lowest BCUT2D eigenvalue weighted by atomic mass is 10.2. The predicted octanol–water partition coefficient (Wildman–Crippen LogP) is 4.22. The maximum absolute atomic E-state index is 11.5. The molecule has 1 aromatic carbocycles. The van der Waals surface area contributed by atoms with Gasteiger partial charge < -0.3 is 4.57 Å². The Balaban J connectivity index is 1.65. The molecule has 4 aromatic rings. The zero-order chi connectivity index (χ0) is 20.8. The molecule has 3 aromatic heterocycles. The molecular weight excluding hydrogens is 424 g/mol. The van der Waals surface area contributed by atoms with E-state index >= 15 is 0 Å². The van der Waals surface area contributed by atoms with Crippen molar-refractivity contribution in [1.29, 1.82) is 0 Å². The Morgan fingerprint density at radius 2 is 1.66 bits per heavy atom. The molecule has 0 fully saturated rings. The summed E-state index contributed by atoms with van der Waals surface area (Å²) in [4.78, 5) is 9.44. The van der Waals surface area contributed by atoms with Gasteiger partial charge in [0.1, 0.15) is 5.01 Å². The van der Waals surface area contributed by atoms with Crippen molar-refractivity contribution >= 4 is 32.7 Å². The molecule has 0 radical (unpaired) electrons. The number of primary sulfonamides is 1. The van der Waals surface area contributed by atoms with Gasteiger partial charge in [0.25, 0.3) is 0 Å². The first-order chi connectivity index (χ1) is 13.7. The Morgan fingerprint density at radius 1 is 1.00 bits per heavy atom. The summed E-state index contributed by atoms with van der Waals surface area (Å²) in [5.74, 6) is 0. The van der Waals surface area contributed by atoms with Crippen LogP contribution in [0.5, 0.6) is 0 Å². The third-order valence-corrected chi connectivity index (χ3v) is 7.40. The second kappa shape index (κ2) is 7.49. The lowest BCUT2D eigenvalue weighted by molar-refractivity contribution is 0.598. The number of aromatic nitrogens is 3. The Labute approximate surface area is 177 Å². The average Bonchev–Trinajstić information content (AvgIpc) is 3.35. The van der Waals surface area contributed by atoms with Gasteiger partial charge in [-0.15, -0.1) is 22.7 Å². The van der Waals surface area contributed by atoms with Gasteiger partial charge in [-0.3, -0.25) is 0 Å². The van der Waals surface area contributed by atoms with Crippen LogP contribution in [0.2, 0.25) is 0 Å². The van der Waals surface area contributed by atoms with Gasteiger partial charge in [-0.1, -0.05) is 0 Å². The second-order valence-corrected chi connectivity index (χ2v) is 10.3. The van der Waals surface area contributed by atoms with E-state index in [1.54, 1.807) is 34.8 Å². The topological polar surface area (TPSA) is 90.9 Å². The van der Waals surface area contributed by atoms with Gasteiger partial charge in [0.05, 0.1) is 22.0 Å². The minimum atomic E-state index is -3.70. The molecule has 3 heterocycles. The third-order valence-electron chi connectivity index (χ3n) is 4.65. The third kappa shape index (κ3) is 4.04. The molecule has 0 aliphatic carbocycles. The maximum Gasteiger partial charge on any atom is 0.238 e. The first kappa shape index (κ1) is 20.0. The average molecular weight is 445 g/mol. The minimum absolute atomic E-state index is 0.102. The molecule has 0 aliphatic rings. The highest BCUT2D eigenvalue weighted by Gasteiger charge is 2.16. The number of nitrogens with two attached hydrogens (primary N) is 1. The Bertz CT molecular complexity index is 1280. The molecular formula is C20H20N4O2S3. The molecule has 0 bridgehead atoms. The number of hydrogen-bond acceptors (Lipinski definition) is 6. The fourth-order valence-corrected chi connectivity index (χ4v) is 5.51. The molecule has 0 unspecified atom stereocenters. The maximum atomic E-state index is 11.5. The molecule has 4 rings (SSSR count). The number of benzene rings is 1. The highest BCUT2D eigenvalue weighted by molar-refractivity contribution is 7.89. The standard InChI is InChI=1S/C20H20N4O2S3/c1-12-10-27-19(22-12)9-20-23-18(11-28-20)17-8-13(2)24(14(17)3)15-4-6-16(7-5-15)29(21,25)26/h4-8,10-11H,9H2,1-3H3,(H2,21,25,26). The van der Waals surface area contributed by atoms with Gasteiger partial charge in [0.15, 0.2) is 0 Å². The number of rotatable bonds is 5. The first-order valence-electron chi connectivity index (χ1n) is 8.90. The van der Waals surface area contributed by atoms with Crippen LogP contribution in [0.15, 0.2) is 46.0 Å². The van der Waals surface area contributed by atoms with E-state index in [1.807, 2.05) is 20.8 Å². The zero-order valence-corrected chi connectivity index (χ0v) is 18.7. The summed E-state index contributed by atoms with van der Waals surface area (Å²) in [7, 11) is -3.70. The summed E-state index contributed by atoms with van der Waals surface area (Å²) < 4.78 is 25.1. The summed E-state index contributed by atoms with van der Waals surface area (Å²) in [6.07, 6.45) is 0.747. The van der Waals surface area contributed by atoms with Crippen LogP contribution in [0.1, 0.15) is 27.1 Å². The van der Waals surface area contributed by atoms with E-state index in [4.69, 9.17) is 10.1 Å². The number of aryl methyl sites for hydroxylation is 2.